The third kappa shape index (κ3) is 9.93. The first kappa shape index (κ1) is 42.6. The van der Waals surface area contributed by atoms with Crippen LogP contribution in [0.3, 0.4) is 0 Å². The third-order valence-electron chi connectivity index (χ3n) is 9.44. The molecule has 2 N–H and O–H groups in total. The van der Waals surface area contributed by atoms with Crippen molar-refractivity contribution in [1.82, 2.24) is 5.32 Å². The van der Waals surface area contributed by atoms with E-state index in [2.05, 4.69) is 16.7 Å². The summed E-state index contributed by atoms with van der Waals surface area (Å²) in [6.07, 6.45) is 3.81. The Morgan fingerprint density at radius 2 is 1.81 bits per heavy atom. The van der Waals surface area contributed by atoms with Crippen LogP contribution >= 0.6 is 23.2 Å². The van der Waals surface area contributed by atoms with E-state index in [0.29, 0.717) is 24.5 Å². The number of nitriles is 1. The molecular formula is C40H48Cl2FN3O8. The lowest BCUT2D eigenvalue weighted by molar-refractivity contribution is -0.119. The summed E-state index contributed by atoms with van der Waals surface area (Å²) in [6.45, 7) is 13.5. The molecule has 4 rings (SSSR count). The standard InChI is InChI=1S/C40H48Cl2FN3O8/c1-9-52-39(6,7)17-18-51-37(49)54-23(2)53-36(48)24-13-16-30(31(19-24)50-8)45-35(47)34-33(26-11-10-12-28(26)42)40(22-44,32(46-34)21-38(3,4)5)27-15-14-25(41)20-29(27)43/h10-16,19-20,23,26,32-34,46H,9,17-18,21H2,1-8H3,(H,45,47)/t23?,26?,32-,33?,34+,40-/m0/s1. The molecule has 292 valence electrons. The van der Waals surface area contributed by atoms with Crippen LogP contribution in [0, 0.1) is 34.4 Å². The first-order chi connectivity index (χ1) is 25.3. The minimum atomic E-state index is -1.56. The Kier molecular flexibility index (Phi) is 13.8. The normalized spacial score (nSPS) is 22.9. The van der Waals surface area contributed by atoms with Crippen molar-refractivity contribution in [2.75, 3.05) is 25.6 Å². The van der Waals surface area contributed by atoms with E-state index < -0.39 is 65.1 Å². The zero-order valence-corrected chi connectivity index (χ0v) is 33.3. The Balaban J connectivity index is 1.57. The van der Waals surface area contributed by atoms with Crippen LogP contribution in [0.1, 0.15) is 77.2 Å². The maximum absolute atomic E-state index is 15.9. The number of nitrogens with zero attached hydrogens (tertiary/aromatic N) is 1. The Morgan fingerprint density at radius 3 is 2.41 bits per heavy atom. The highest BCUT2D eigenvalue weighted by Gasteiger charge is 2.62. The summed E-state index contributed by atoms with van der Waals surface area (Å²) in [5, 5.41) is 17.9. The van der Waals surface area contributed by atoms with Gasteiger partial charge in [-0.15, -0.1) is 0 Å². The number of allylic oxidation sites excluding steroid dienone is 4. The second kappa shape index (κ2) is 17.5. The number of esters is 1. The number of rotatable bonds is 14. The number of nitrogens with one attached hydrogen (secondary N) is 2. The van der Waals surface area contributed by atoms with Crippen molar-refractivity contribution in [2.24, 2.45) is 17.3 Å². The number of benzene rings is 2. The minimum Gasteiger partial charge on any atom is -0.495 e. The van der Waals surface area contributed by atoms with Crippen molar-refractivity contribution >= 4 is 46.9 Å². The van der Waals surface area contributed by atoms with Crippen molar-refractivity contribution in [3.8, 4) is 11.8 Å². The average Bonchev–Trinajstić information content (AvgIpc) is 3.63. The quantitative estimate of drug-likeness (QED) is 0.141. The molecule has 3 unspecified atom stereocenters. The highest BCUT2D eigenvalue weighted by Crippen LogP contribution is 2.53. The molecule has 1 amide bonds. The minimum absolute atomic E-state index is 0.0435. The molecule has 11 nitrogen and oxygen atoms in total. The summed E-state index contributed by atoms with van der Waals surface area (Å²) in [7, 11) is 1.36. The van der Waals surface area contributed by atoms with Gasteiger partial charge in [-0.25, -0.2) is 14.0 Å². The number of hydrogen-bond acceptors (Lipinski definition) is 10. The van der Waals surface area contributed by atoms with Gasteiger partial charge in [0.25, 0.3) is 0 Å². The smallest absolute Gasteiger partial charge is 0.495 e. The zero-order chi connectivity index (χ0) is 40.0. The molecule has 1 saturated heterocycles. The van der Waals surface area contributed by atoms with Crippen LogP contribution in [0.4, 0.5) is 14.9 Å². The summed E-state index contributed by atoms with van der Waals surface area (Å²) >= 11 is 12.9. The molecule has 2 aromatic carbocycles. The highest BCUT2D eigenvalue weighted by molar-refractivity contribution is 6.30. The number of anilines is 1. The number of methoxy groups -OCH3 is 1. The predicted octanol–water partition coefficient (Wildman–Crippen LogP) is 8.45. The molecule has 0 radical (unpaired) electrons. The number of ether oxygens (including phenoxy) is 5. The van der Waals surface area contributed by atoms with E-state index >= 15 is 4.39 Å². The Labute approximate surface area is 326 Å². The van der Waals surface area contributed by atoms with Crippen LogP contribution in [-0.2, 0) is 29.2 Å². The Hall–Kier alpha value is -4.15. The monoisotopic (exact) mass is 787 g/mol. The predicted molar refractivity (Wildman–Crippen MR) is 203 cm³/mol. The van der Waals surface area contributed by atoms with Crippen molar-refractivity contribution < 1.29 is 42.5 Å². The fourth-order valence-electron chi connectivity index (χ4n) is 7.06. The number of carbonyl (C=O) groups excluding carboxylic acids is 3. The number of amides is 1. The molecule has 14 heteroatoms. The van der Waals surface area contributed by atoms with E-state index in [0.717, 1.165) is 0 Å². The lowest BCUT2D eigenvalue weighted by Crippen LogP contribution is -2.47. The maximum Gasteiger partial charge on any atom is 0.511 e. The van der Waals surface area contributed by atoms with Gasteiger partial charge < -0.3 is 34.3 Å². The molecule has 1 aliphatic heterocycles. The average molecular weight is 789 g/mol. The highest BCUT2D eigenvalue weighted by atomic mass is 35.5. The van der Waals surface area contributed by atoms with Crippen molar-refractivity contribution in [2.45, 2.75) is 90.7 Å². The van der Waals surface area contributed by atoms with Gasteiger partial charge in [-0.05, 0) is 69.0 Å². The molecule has 0 bridgehead atoms. The number of hydrogen-bond donors (Lipinski definition) is 2. The van der Waals surface area contributed by atoms with Gasteiger partial charge >= 0.3 is 12.1 Å². The van der Waals surface area contributed by atoms with Crippen LogP contribution in [-0.4, -0.2) is 62.3 Å². The third-order valence-corrected chi connectivity index (χ3v) is 10.1. The summed E-state index contributed by atoms with van der Waals surface area (Å²) in [4.78, 5) is 39.5. The maximum atomic E-state index is 15.9. The number of carbonyl (C=O) groups is 3. The molecule has 54 heavy (non-hydrogen) atoms. The lowest BCUT2D eigenvalue weighted by atomic mass is 9.61. The van der Waals surface area contributed by atoms with Crippen LogP contribution in [0.5, 0.6) is 5.75 Å². The van der Waals surface area contributed by atoms with Gasteiger partial charge in [-0.1, -0.05) is 62.2 Å². The fraction of sp³-hybridized carbons (Fsp3) is 0.500. The van der Waals surface area contributed by atoms with Crippen LogP contribution < -0.4 is 15.4 Å². The molecule has 0 spiro atoms. The van der Waals surface area contributed by atoms with Gasteiger partial charge in [-0.2, -0.15) is 5.26 Å². The van der Waals surface area contributed by atoms with Crippen LogP contribution in [0.15, 0.2) is 59.7 Å². The van der Waals surface area contributed by atoms with Gasteiger partial charge in [0.15, 0.2) is 0 Å². The topological polar surface area (TPSA) is 145 Å². The SMILES string of the molecule is CCOC(C)(C)CCOC(=O)OC(C)OC(=O)c1ccc(NC(=O)[C@@H]2N[C@@H](CC(C)(C)C)[C@](C#N)(c3ccc(Cl)cc3F)C2C2C=CC=C2Cl)c(OC)c1. The van der Waals surface area contributed by atoms with E-state index in [9.17, 15) is 19.6 Å². The molecule has 1 heterocycles. The van der Waals surface area contributed by atoms with E-state index in [-0.39, 0.29) is 39.6 Å². The molecule has 2 aromatic rings. The van der Waals surface area contributed by atoms with Crippen LogP contribution in [0.25, 0.3) is 0 Å². The summed E-state index contributed by atoms with van der Waals surface area (Å²) in [6, 6.07) is 9.15. The zero-order valence-electron chi connectivity index (χ0n) is 31.8. The summed E-state index contributed by atoms with van der Waals surface area (Å²) in [5.74, 6) is -3.37. The second-order valence-electron chi connectivity index (χ2n) is 15.1. The van der Waals surface area contributed by atoms with E-state index in [1.54, 1.807) is 12.2 Å². The summed E-state index contributed by atoms with van der Waals surface area (Å²) in [5.41, 5.74) is -2.01. The largest absolute Gasteiger partial charge is 0.511 e. The van der Waals surface area contributed by atoms with E-state index in [1.165, 1.54) is 50.4 Å². The summed E-state index contributed by atoms with van der Waals surface area (Å²) < 4.78 is 42.5. The number of halogens is 3. The van der Waals surface area contributed by atoms with E-state index in [4.69, 9.17) is 46.9 Å². The van der Waals surface area contributed by atoms with Gasteiger partial charge in [0.2, 0.25) is 12.2 Å². The molecule has 2 aliphatic rings. The lowest BCUT2D eigenvalue weighted by Gasteiger charge is -2.39. The molecule has 0 aromatic heterocycles. The second-order valence-corrected chi connectivity index (χ2v) is 16.0. The van der Waals surface area contributed by atoms with Gasteiger partial charge in [-0.3, -0.25) is 4.79 Å². The molecule has 1 aliphatic carbocycles. The van der Waals surface area contributed by atoms with Gasteiger partial charge in [0.1, 0.15) is 17.0 Å². The molecule has 6 atom stereocenters. The van der Waals surface area contributed by atoms with Crippen molar-refractivity contribution in [1.29, 1.82) is 5.26 Å². The van der Waals surface area contributed by atoms with Gasteiger partial charge in [0, 0.05) is 53.4 Å². The van der Waals surface area contributed by atoms with Gasteiger partial charge in [0.05, 0.1) is 42.7 Å². The van der Waals surface area contributed by atoms with E-state index in [1.807, 2.05) is 47.6 Å². The van der Waals surface area contributed by atoms with Crippen molar-refractivity contribution in [3.63, 3.8) is 0 Å². The van der Waals surface area contributed by atoms with Crippen LogP contribution in [0.2, 0.25) is 5.02 Å². The first-order valence-corrected chi connectivity index (χ1v) is 18.4. The molecular weight excluding hydrogens is 740 g/mol. The van der Waals surface area contributed by atoms with Crippen molar-refractivity contribution in [3.05, 3.63) is 81.6 Å². The first-order valence-electron chi connectivity index (χ1n) is 17.7. The molecule has 1 fully saturated rings. The molecule has 0 saturated carbocycles. The fourth-order valence-corrected chi connectivity index (χ4v) is 7.50. The Morgan fingerprint density at radius 1 is 1.09 bits per heavy atom. The Bertz CT molecular complexity index is 1820.